The Morgan fingerprint density at radius 2 is 2.28 bits per heavy atom. The molecular formula is C17H18N4O4. The second-order valence-corrected chi connectivity index (χ2v) is 5.85. The molecule has 8 nitrogen and oxygen atoms in total. The van der Waals surface area contributed by atoms with Crippen molar-refractivity contribution in [3.8, 4) is 11.4 Å². The third kappa shape index (κ3) is 2.85. The van der Waals surface area contributed by atoms with Gasteiger partial charge in [-0.3, -0.25) is 9.48 Å². The molecule has 0 bridgehead atoms. The number of rotatable bonds is 5. The number of methoxy groups -OCH3 is 1. The lowest BCUT2D eigenvalue weighted by atomic mass is 10.0. The second kappa shape index (κ2) is 6.56. The van der Waals surface area contributed by atoms with Crippen LogP contribution in [0.4, 0.5) is 0 Å². The van der Waals surface area contributed by atoms with Gasteiger partial charge in [-0.15, -0.1) is 0 Å². The minimum Gasteiger partial charge on any atom is -0.472 e. The molecule has 4 heterocycles. The summed E-state index contributed by atoms with van der Waals surface area (Å²) in [5.41, 5.74) is 4.10. The van der Waals surface area contributed by atoms with Crippen LogP contribution in [-0.2, 0) is 24.2 Å². The third-order valence-electron chi connectivity index (χ3n) is 4.37. The van der Waals surface area contributed by atoms with E-state index in [0.717, 1.165) is 23.4 Å². The van der Waals surface area contributed by atoms with Gasteiger partial charge in [0.05, 0.1) is 31.5 Å². The quantitative estimate of drug-likeness (QED) is 0.705. The number of amides is 1. The Labute approximate surface area is 144 Å². The molecule has 130 valence electrons. The van der Waals surface area contributed by atoms with Crippen LogP contribution < -0.4 is 0 Å². The average molecular weight is 342 g/mol. The molecule has 8 heteroatoms. The van der Waals surface area contributed by atoms with Gasteiger partial charge in [0.1, 0.15) is 23.9 Å². The van der Waals surface area contributed by atoms with Crippen LogP contribution in [0.3, 0.4) is 0 Å². The van der Waals surface area contributed by atoms with E-state index in [1.165, 1.54) is 18.9 Å². The number of aromatic nitrogens is 3. The highest BCUT2D eigenvalue weighted by Crippen LogP contribution is 2.30. The van der Waals surface area contributed by atoms with Crippen molar-refractivity contribution in [1.29, 1.82) is 0 Å². The molecule has 0 unspecified atom stereocenters. The lowest BCUT2D eigenvalue weighted by molar-refractivity contribution is 0.0732. The van der Waals surface area contributed by atoms with E-state index in [1.54, 1.807) is 24.3 Å². The molecule has 3 aromatic heterocycles. The first-order valence-corrected chi connectivity index (χ1v) is 8.05. The van der Waals surface area contributed by atoms with Gasteiger partial charge in [0.15, 0.2) is 6.39 Å². The van der Waals surface area contributed by atoms with Gasteiger partial charge >= 0.3 is 0 Å². The topological polar surface area (TPSA) is 86.5 Å². The second-order valence-electron chi connectivity index (χ2n) is 5.85. The maximum atomic E-state index is 12.6. The Kier molecular flexibility index (Phi) is 4.10. The van der Waals surface area contributed by atoms with E-state index < -0.39 is 0 Å². The molecule has 0 fully saturated rings. The summed E-state index contributed by atoms with van der Waals surface area (Å²) in [6.07, 6.45) is 6.66. The smallest absolute Gasteiger partial charge is 0.257 e. The number of carbonyl (C=O) groups is 1. The van der Waals surface area contributed by atoms with Crippen LogP contribution in [0.5, 0.6) is 0 Å². The first-order valence-electron chi connectivity index (χ1n) is 8.05. The molecule has 0 saturated carbocycles. The van der Waals surface area contributed by atoms with E-state index in [4.69, 9.17) is 13.6 Å². The van der Waals surface area contributed by atoms with E-state index in [1.807, 2.05) is 4.68 Å². The first kappa shape index (κ1) is 15.6. The van der Waals surface area contributed by atoms with Crippen molar-refractivity contribution in [2.75, 3.05) is 20.3 Å². The molecule has 0 radical (unpaired) electrons. The van der Waals surface area contributed by atoms with Crippen LogP contribution in [-0.4, -0.2) is 45.8 Å². The predicted molar refractivity (Wildman–Crippen MR) is 86.8 cm³/mol. The molecule has 0 spiro atoms. The number of ether oxygens (including phenoxy) is 1. The van der Waals surface area contributed by atoms with Crippen molar-refractivity contribution in [1.82, 2.24) is 19.7 Å². The summed E-state index contributed by atoms with van der Waals surface area (Å²) in [4.78, 5) is 18.7. The van der Waals surface area contributed by atoms with Crippen LogP contribution in [0.25, 0.3) is 11.4 Å². The highest BCUT2D eigenvalue weighted by Gasteiger charge is 2.29. The van der Waals surface area contributed by atoms with Crippen LogP contribution >= 0.6 is 0 Å². The van der Waals surface area contributed by atoms with Crippen LogP contribution in [0.2, 0.25) is 0 Å². The zero-order valence-electron chi connectivity index (χ0n) is 13.8. The molecule has 1 aliphatic rings. The zero-order valence-corrected chi connectivity index (χ0v) is 13.8. The normalized spacial score (nSPS) is 13.9. The summed E-state index contributed by atoms with van der Waals surface area (Å²) in [6, 6.07) is 1.68. The summed E-state index contributed by atoms with van der Waals surface area (Å²) >= 11 is 0. The molecule has 4 rings (SSSR count). The first-order chi connectivity index (χ1) is 12.3. The monoisotopic (exact) mass is 342 g/mol. The van der Waals surface area contributed by atoms with E-state index >= 15 is 0 Å². The molecule has 1 aliphatic heterocycles. The number of hydrogen-bond donors (Lipinski definition) is 0. The van der Waals surface area contributed by atoms with Gasteiger partial charge < -0.3 is 18.5 Å². The summed E-state index contributed by atoms with van der Waals surface area (Å²) in [5, 5.41) is 4.69. The summed E-state index contributed by atoms with van der Waals surface area (Å²) in [7, 11) is 1.67. The molecule has 0 N–H and O–H groups in total. The van der Waals surface area contributed by atoms with E-state index in [2.05, 4.69) is 10.1 Å². The Hall–Kier alpha value is -2.87. The Bertz CT molecular complexity index is 852. The molecule has 0 saturated heterocycles. The lowest BCUT2D eigenvalue weighted by Gasteiger charge is -2.27. The fraction of sp³-hybridized carbons (Fsp3) is 0.353. The van der Waals surface area contributed by atoms with Gasteiger partial charge in [-0.2, -0.15) is 5.10 Å². The van der Waals surface area contributed by atoms with Gasteiger partial charge in [-0.25, -0.2) is 4.98 Å². The van der Waals surface area contributed by atoms with Gasteiger partial charge in [-0.05, 0) is 6.07 Å². The highest BCUT2D eigenvalue weighted by molar-refractivity contribution is 5.94. The minimum absolute atomic E-state index is 0.0462. The van der Waals surface area contributed by atoms with Gasteiger partial charge in [0, 0.05) is 31.3 Å². The van der Waals surface area contributed by atoms with Crippen molar-refractivity contribution in [3.05, 3.63) is 48.1 Å². The number of fused-ring (bicyclic) bond motifs is 1. The molecule has 0 aliphatic carbocycles. The van der Waals surface area contributed by atoms with Crippen LogP contribution in [0.1, 0.15) is 21.6 Å². The molecule has 25 heavy (non-hydrogen) atoms. The highest BCUT2D eigenvalue weighted by atomic mass is 16.5. The molecule has 0 atom stereocenters. The Morgan fingerprint density at radius 1 is 1.36 bits per heavy atom. The van der Waals surface area contributed by atoms with Crippen molar-refractivity contribution in [2.45, 2.75) is 19.5 Å². The summed E-state index contributed by atoms with van der Waals surface area (Å²) in [6.45, 7) is 2.35. The fourth-order valence-electron chi connectivity index (χ4n) is 3.13. The lowest BCUT2D eigenvalue weighted by Crippen LogP contribution is -2.36. The maximum Gasteiger partial charge on any atom is 0.257 e. The van der Waals surface area contributed by atoms with E-state index in [9.17, 15) is 4.79 Å². The Morgan fingerprint density at radius 3 is 3.00 bits per heavy atom. The maximum absolute atomic E-state index is 12.6. The Balaban J connectivity index is 1.68. The third-order valence-corrected chi connectivity index (χ3v) is 4.37. The van der Waals surface area contributed by atoms with Crippen molar-refractivity contribution in [2.24, 2.45) is 0 Å². The number of carbonyl (C=O) groups excluding carboxylic acids is 1. The van der Waals surface area contributed by atoms with E-state index in [-0.39, 0.29) is 5.91 Å². The predicted octanol–water partition coefficient (Wildman–Crippen LogP) is 1.98. The van der Waals surface area contributed by atoms with Crippen LogP contribution in [0, 0.1) is 0 Å². The van der Waals surface area contributed by atoms with Crippen molar-refractivity contribution in [3.63, 3.8) is 0 Å². The largest absolute Gasteiger partial charge is 0.472 e. The van der Waals surface area contributed by atoms with Crippen molar-refractivity contribution < 1.29 is 18.4 Å². The summed E-state index contributed by atoms with van der Waals surface area (Å²) in [5.74, 6) is -0.0462. The van der Waals surface area contributed by atoms with Gasteiger partial charge in [0.2, 0.25) is 0 Å². The average Bonchev–Trinajstić information content (AvgIpc) is 3.39. The SMILES string of the molecule is COCCn1nc(-c2cocn2)c2c1CCN(C(=O)c1ccoc1)C2. The number of hydrogen-bond acceptors (Lipinski definition) is 6. The summed E-state index contributed by atoms with van der Waals surface area (Å²) < 4.78 is 17.3. The number of furan rings is 1. The molecule has 3 aromatic rings. The number of oxazole rings is 1. The van der Waals surface area contributed by atoms with Crippen molar-refractivity contribution >= 4 is 5.91 Å². The minimum atomic E-state index is -0.0462. The fourth-order valence-corrected chi connectivity index (χ4v) is 3.13. The van der Waals surface area contributed by atoms with Crippen LogP contribution in [0.15, 0.2) is 40.1 Å². The van der Waals surface area contributed by atoms with E-state index in [0.29, 0.717) is 37.5 Å². The zero-order chi connectivity index (χ0) is 17.2. The van der Waals surface area contributed by atoms with Gasteiger partial charge in [0.25, 0.3) is 5.91 Å². The standard InChI is InChI=1S/C17H18N4O4/c1-23-7-5-21-15-2-4-20(17(22)12-3-6-24-9-12)8-13(15)16(19-21)14-10-25-11-18-14/h3,6,9-11H,2,4-5,7-8H2,1H3. The van der Waals surface area contributed by atoms with Gasteiger partial charge in [-0.1, -0.05) is 0 Å². The molecule has 1 amide bonds. The molecular weight excluding hydrogens is 324 g/mol. The molecule has 0 aromatic carbocycles. The number of nitrogens with zero attached hydrogens (tertiary/aromatic N) is 4.